The Morgan fingerprint density at radius 3 is 2.58 bits per heavy atom. The van der Waals surface area contributed by atoms with Crippen LogP contribution in [0.1, 0.15) is 43.7 Å². The monoisotopic (exact) mass is 255 g/mol. The third kappa shape index (κ3) is 2.80. The second-order valence-corrected chi connectivity index (χ2v) is 5.44. The Hall–Kier alpha value is -1.77. The van der Waals surface area contributed by atoms with Gasteiger partial charge >= 0.3 is 0 Å². The van der Waals surface area contributed by atoms with Gasteiger partial charge in [-0.3, -0.25) is 0 Å². The van der Waals surface area contributed by atoms with E-state index in [2.05, 4.69) is 52.3 Å². The quantitative estimate of drug-likeness (QED) is 0.878. The second kappa shape index (κ2) is 5.47. The molecule has 1 aromatic heterocycles. The summed E-state index contributed by atoms with van der Waals surface area (Å²) in [6.45, 7) is 2.10. The lowest BCUT2D eigenvalue weighted by molar-refractivity contribution is 0.356. The van der Waals surface area contributed by atoms with E-state index in [9.17, 15) is 0 Å². The van der Waals surface area contributed by atoms with Crippen molar-refractivity contribution in [2.24, 2.45) is 0 Å². The Morgan fingerprint density at radius 2 is 1.84 bits per heavy atom. The number of aryl methyl sites for hydroxylation is 1. The highest BCUT2D eigenvalue weighted by Gasteiger charge is 2.17. The molecule has 0 unspecified atom stereocenters. The SMILES string of the molecule is Cc1ccc(Nc2nccn2C2CCCCC2)cc1. The van der Waals surface area contributed by atoms with Gasteiger partial charge in [-0.2, -0.15) is 0 Å². The predicted octanol–water partition coefficient (Wildman–Crippen LogP) is 4.44. The number of benzene rings is 1. The van der Waals surface area contributed by atoms with Gasteiger partial charge in [-0.15, -0.1) is 0 Å². The van der Waals surface area contributed by atoms with E-state index in [1.165, 1.54) is 37.7 Å². The second-order valence-electron chi connectivity index (χ2n) is 5.44. The van der Waals surface area contributed by atoms with E-state index in [1.807, 2.05) is 6.20 Å². The Balaban J connectivity index is 1.77. The van der Waals surface area contributed by atoms with Crippen molar-refractivity contribution in [2.45, 2.75) is 45.1 Å². The van der Waals surface area contributed by atoms with Crippen molar-refractivity contribution >= 4 is 11.6 Å². The van der Waals surface area contributed by atoms with E-state index in [0.29, 0.717) is 6.04 Å². The van der Waals surface area contributed by atoms with Crippen molar-refractivity contribution in [2.75, 3.05) is 5.32 Å². The Bertz CT molecular complexity index is 521. The normalized spacial score (nSPS) is 16.5. The molecule has 19 heavy (non-hydrogen) atoms. The van der Waals surface area contributed by atoms with Crippen molar-refractivity contribution in [1.29, 1.82) is 0 Å². The molecular formula is C16H21N3. The van der Waals surface area contributed by atoms with Gasteiger partial charge in [0.1, 0.15) is 0 Å². The van der Waals surface area contributed by atoms with Crippen LogP contribution in [-0.2, 0) is 0 Å². The van der Waals surface area contributed by atoms with Gasteiger partial charge in [0.05, 0.1) is 0 Å². The summed E-state index contributed by atoms with van der Waals surface area (Å²) in [5.41, 5.74) is 2.38. The average molecular weight is 255 g/mol. The Labute approximate surface area is 114 Å². The van der Waals surface area contributed by atoms with E-state index in [1.54, 1.807) is 0 Å². The van der Waals surface area contributed by atoms with Crippen LogP contribution in [-0.4, -0.2) is 9.55 Å². The summed E-state index contributed by atoms with van der Waals surface area (Å²) in [7, 11) is 0. The first-order chi connectivity index (χ1) is 9.33. The number of rotatable bonds is 3. The number of hydrogen-bond acceptors (Lipinski definition) is 2. The van der Waals surface area contributed by atoms with E-state index >= 15 is 0 Å². The number of nitrogens with zero attached hydrogens (tertiary/aromatic N) is 2. The van der Waals surface area contributed by atoms with Crippen LogP contribution in [0.5, 0.6) is 0 Å². The van der Waals surface area contributed by atoms with Gasteiger partial charge in [0.25, 0.3) is 0 Å². The van der Waals surface area contributed by atoms with Crippen LogP contribution in [0.2, 0.25) is 0 Å². The zero-order valence-electron chi connectivity index (χ0n) is 11.5. The Kier molecular flexibility index (Phi) is 3.53. The molecule has 1 aromatic carbocycles. The molecule has 0 radical (unpaired) electrons. The first-order valence-electron chi connectivity index (χ1n) is 7.19. The fourth-order valence-electron chi connectivity index (χ4n) is 2.83. The molecule has 1 aliphatic rings. The highest BCUT2D eigenvalue weighted by molar-refractivity contribution is 5.54. The molecule has 3 nitrogen and oxygen atoms in total. The van der Waals surface area contributed by atoms with Crippen molar-refractivity contribution in [3.8, 4) is 0 Å². The van der Waals surface area contributed by atoms with Crippen molar-refractivity contribution in [3.63, 3.8) is 0 Å². The average Bonchev–Trinajstić information content (AvgIpc) is 2.90. The summed E-state index contributed by atoms with van der Waals surface area (Å²) < 4.78 is 2.30. The fourth-order valence-corrected chi connectivity index (χ4v) is 2.83. The molecule has 1 saturated carbocycles. The molecule has 0 amide bonds. The third-order valence-corrected chi connectivity index (χ3v) is 3.94. The number of nitrogens with one attached hydrogen (secondary N) is 1. The maximum atomic E-state index is 4.46. The number of hydrogen-bond donors (Lipinski definition) is 1. The Morgan fingerprint density at radius 1 is 1.11 bits per heavy atom. The molecule has 100 valence electrons. The third-order valence-electron chi connectivity index (χ3n) is 3.94. The van der Waals surface area contributed by atoms with Crippen LogP contribution in [0.4, 0.5) is 11.6 Å². The zero-order valence-corrected chi connectivity index (χ0v) is 11.5. The van der Waals surface area contributed by atoms with Gasteiger partial charge in [0, 0.05) is 24.1 Å². The summed E-state index contributed by atoms with van der Waals surface area (Å²) in [4.78, 5) is 4.46. The molecule has 1 aliphatic carbocycles. The van der Waals surface area contributed by atoms with Crippen molar-refractivity contribution in [3.05, 3.63) is 42.2 Å². The van der Waals surface area contributed by atoms with Gasteiger partial charge in [-0.1, -0.05) is 37.0 Å². The van der Waals surface area contributed by atoms with Gasteiger partial charge in [0.15, 0.2) is 0 Å². The fraction of sp³-hybridized carbons (Fsp3) is 0.438. The standard InChI is InChI=1S/C16H21N3/c1-13-7-9-14(10-8-13)18-16-17-11-12-19(16)15-5-3-2-4-6-15/h7-12,15H,2-6H2,1H3,(H,17,18). The van der Waals surface area contributed by atoms with Crippen molar-refractivity contribution < 1.29 is 0 Å². The van der Waals surface area contributed by atoms with Gasteiger partial charge < -0.3 is 9.88 Å². The highest BCUT2D eigenvalue weighted by atomic mass is 15.2. The van der Waals surface area contributed by atoms with Crippen LogP contribution in [0.25, 0.3) is 0 Å². The van der Waals surface area contributed by atoms with Gasteiger partial charge in [0.2, 0.25) is 5.95 Å². The van der Waals surface area contributed by atoms with Crippen LogP contribution < -0.4 is 5.32 Å². The molecule has 2 aromatic rings. The van der Waals surface area contributed by atoms with E-state index in [-0.39, 0.29) is 0 Å². The summed E-state index contributed by atoms with van der Waals surface area (Å²) >= 11 is 0. The zero-order chi connectivity index (χ0) is 13.1. The van der Waals surface area contributed by atoms with Crippen LogP contribution in [0.3, 0.4) is 0 Å². The van der Waals surface area contributed by atoms with E-state index in [0.717, 1.165) is 11.6 Å². The largest absolute Gasteiger partial charge is 0.326 e. The minimum atomic E-state index is 0.615. The molecule has 0 bridgehead atoms. The number of imidazole rings is 1. The topological polar surface area (TPSA) is 29.9 Å². The van der Waals surface area contributed by atoms with Crippen LogP contribution in [0.15, 0.2) is 36.7 Å². The predicted molar refractivity (Wildman–Crippen MR) is 78.8 cm³/mol. The molecule has 0 atom stereocenters. The lowest BCUT2D eigenvalue weighted by atomic mass is 9.95. The molecule has 1 N–H and O–H groups in total. The smallest absolute Gasteiger partial charge is 0.207 e. The van der Waals surface area contributed by atoms with E-state index in [4.69, 9.17) is 0 Å². The van der Waals surface area contributed by atoms with Gasteiger partial charge in [-0.05, 0) is 31.9 Å². The summed E-state index contributed by atoms with van der Waals surface area (Å²) in [6, 6.07) is 9.07. The van der Waals surface area contributed by atoms with Crippen LogP contribution >= 0.6 is 0 Å². The minimum Gasteiger partial charge on any atom is -0.326 e. The summed E-state index contributed by atoms with van der Waals surface area (Å²) in [6.07, 6.45) is 10.6. The summed E-state index contributed by atoms with van der Waals surface area (Å²) in [5, 5.41) is 3.43. The molecule has 0 aliphatic heterocycles. The summed E-state index contributed by atoms with van der Waals surface area (Å²) in [5.74, 6) is 0.968. The maximum Gasteiger partial charge on any atom is 0.207 e. The highest BCUT2D eigenvalue weighted by Crippen LogP contribution is 2.30. The van der Waals surface area contributed by atoms with Crippen LogP contribution in [0, 0.1) is 6.92 Å². The molecule has 3 rings (SSSR count). The molecular weight excluding hydrogens is 234 g/mol. The van der Waals surface area contributed by atoms with E-state index < -0.39 is 0 Å². The molecule has 0 spiro atoms. The maximum absolute atomic E-state index is 4.46. The first-order valence-corrected chi connectivity index (χ1v) is 7.19. The molecule has 3 heteroatoms. The van der Waals surface area contributed by atoms with Crippen molar-refractivity contribution in [1.82, 2.24) is 9.55 Å². The van der Waals surface area contributed by atoms with Gasteiger partial charge in [-0.25, -0.2) is 4.98 Å². The molecule has 1 fully saturated rings. The lowest BCUT2D eigenvalue weighted by Gasteiger charge is -2.24. The molecule has 1 heterocycles. The first kappa shape index (κ1) is 12.3. The minimum absolute atomic E-state index is 0.615. The molecule has 0 saturated heterocycles. The lowest BCUT2D eigenvalue weighted by Crippen LogP contribution is -2.14. The number of aromatic nitrogens is 2. The number of anilines is 2.